The maximum Gasteiger partial charge on any atom is 0.237 e. The van der Waals surface area contributed by atoms with Crippen LogP contribution in [-0.2, 0) is 11.2 Å². The third-order valence-electron chi connectivity index (χ3n) is 5.38. The molecule has 0 aliphatic heterocycles. The van der Waals surface area contributed by atoms with E-state index in [0.717, 1.165) is 21.7 Å². The van der Waals surface area contributed by atoms with Crippen LogP contribution in [0.2, 0.25) is 0 Å². The SMILES string of the molecule is COc1ccc(OC)c(N(C(=O)Cc2ccccc2)c2nc(-c3ccc(C)cc3)c(C)s2)c1. The number of anilines is 2. The van der Waals surface area contributed by atoms with E-state index >= 15 is 0 Å². The largest absolute Gasteiger partial charge is 0.497 e. The number of benzene rings is 3. The molecular formula is C27H26N2O3S. The summed E-state index contributed by atoms with van der Waals surface area (Å²) in [6.07, 6.45) is 0.236. The fourth-order valence-corrected chi connectivity index (χ4v) is 4.58. The molecule has 4 rings (SSSR count). The predicted octanol–water partition coefficient (Wildman–Crippen LogP) is 6.35. The maximum absolute atomic E-state index is 13.7. The lowest BCUT2D eigenvalue weighted by Gasteiger charge is -2.23. The third-order valence-corrected chi connectivity index (χ3v) is 6.33. The van der Waals surface area contributed by atoms with Crippen molar-refractivity contribution in [3.63, 3.8) is 0 Å². The number of aromatic nitrogens is 1. The van der Waals surface area contributed by atoms with Gasteiger partial charge >= 0.3 is 0 Å². The van der Waals surface area contributed by atoms with Gasteiger partial charge in [0.25, 0.3) is 0 Å². The second-order valence-corrected chi connectivity index (χ2v) is 8.88. The highest BCUT2D eigenvalue weighted by molar-refractivity contribution is 7.16. The molecule has 0 saturated carbocycles. The molecule has 3 aromatic carbocycles. The zero-order valence-corrected chi connectivity index (χ0v) is 20.0. The van der Waals surface area contributed by atoms with Crippen LogP contribution in [0.1, 0.15) is 16.0 Å². The molecule has 0 spiro atoms. The lowest BCUT2D eigenvalue weighted by atomic mass is 10.1. The van der Waals surface area contributed by atoms with Gasteiger partial charge in [-0.15, -0.1) is 11.3 Å². The Morgan fingerprint density at radius 2 is 1.67 bits per heavy atom. The number of carbonyl (C=O) groups excluding carboxylic acids is 1. The molecule has 1 amide bonds. The van der Waals surface area contributed by atoms with Crippen molar-refractivity contribution in [2.24, 2.45) is 0 Å². The Kier molecular flexibility index (Phi) is 6.75. The van der Waals surface area contributed by atoms with Crippen molar-refractivity contribution >= 4 is 28.1 Å². The first kappa shape index (κ1) is 22.6. The van der Waals surface area contributed by atoms with Gasteiger partial charge in [0.05, 0.1) is 32.0 Å². The number of thiazole rings is 1. The fraction of sp³-hybridized carbons (Fsp3) is 0.185. The number of nitrogens with zero attached hydrogens (tertiary/aromatic N) is 2. The van der Waals surface area contributed by atoms with E-state index in [4.69, 9.17) is 14.5 Å². The topological polar surface area (TPSA) is 51.7 Å². The summed E-state index contributed by atoms with van der Waals surface area (Å²) in [4.78, 5) is 21.3. The minimum Gasteiger partial charge on any atom is -0.497 e. The Bertz CT molecular complexity index is 1250. The molecule has 33 heavy (non-hydrogen) atoms. The van der Waals surface area contributed by atoms with Gasteiger partial charge in [0.1, 0.15) is 11.5 Å². The van der Waals surface area contributed by atoms with Crippen molar-refractivity contribution in [2.75, 3.05) is 19.1 Å². The van der Waals surface area contributed by atoms with Gasteiger partial charge in [-0.1, -0.05) is 60.2 Å². The molecule has 0 saturated heterocycles. The fourth-order valence-electron chi connectivity index (χ4n) is 3.62. The van der Waals surface area contributed by atoms with Gasteiger partial charge in [0, 0.05) is 16.5 Å². The van der Waals surface area contributed by atoms with Gasteiger partial charge in [0.2, 0.25) is 5.91 Å². The van der Waals surface area contributed by atoms with Crippen molar-refractivity contribution in [1.82, 2.24) is 4.98 Å². The summed E-state index contributed by atoms with van der Waals surface area (Å²) in [5.74, 6) is 1.11. The number of carbonyl (C=O) groups is 1. The summed E-state index contributed by atoms with van der Waals surface area (Å²) in [6, 6.07) is 23.4. The Hall–Kier alpha value is -3.64. The molecule has 168 valence electrons. The van der Waals surface area contributed by atoms with Crippen LogP contribution < -0.4 is 14.4 Å². The molecular weight excluding hydrogens is 432 g/mol. The number of rotatable bonds is 7. The predicted molar refractivity (Wildman–Crippen MR) is 134 cm³/mol. The number of amides is 1. The van der Waals surface area contributed by atoms with E-state index < -0.39 is 0 Å². The van der Waals surface area contributed by atoms with Crippen molar-refractivity contribution in [3.8, 4) is 22.8 Å². The van der Waals surface area contributed by atoms with Crippen LogP contribution in [0.25, 0.3) is 11.3 Å². The monoisotopic (exact) mass is 458 g/mol. The van der Waals surface area contributed by atoms with Crippen LogP contribution in [0.4, 0.5) is 10.8 Å². The molecule has 4 aromatic rings. The molecule has 0 fully saturated rings. The molecule has 0 aliphatic carbocycles. The Balaban J connectivity index is 1.82. The van der Waals surface area contributed by atoms with E-state index in [1.165, 1.54) is 16.9 Å². The van der Waals surface area contributed by atoms with Gasteiger partial charge in [-0.3, -0.25) is 9.69 Å². The van der Waals surface area contributed by atoms with Crippen molar-refractivity contribution in [1.29, 1.82) is 0 Å². The molecule has 0 bridgehead atoms. The van der Waals surface area contributed by atoms with E-state index in [2.05, 4.69) is 31.2 Å². The highest BCUT2D eigenvalue weighted by atomic mass is 32.1. The second kappa shape index (κ2) is 9.88. The van der Waals surface area contributed by atoms with Crippen LogP contribution in [0.5, 0.6) is 11.5 Å². The van der Waals surface area contributed by atoms with E-state index in [1.807, 2.05) is 49.4 Å². The average molecular weight is 459 g/mol. The summed E-state index contributed by atoms with van der Waals surface area (Å²) < 4.78 is 11.0. The number of aryl methyl sites for hydroxylation is 2. The van der Waals surface area contributed by atoms with E-state index in [1.54, 1.807) is 25.2 Å². The Morgan fingerprint density at radius 1 is 0.939 bits per heavy atom. The minimum absolute atomic E-state index is 0.100. The zero-order valence-electron chi connectivity index (χ0n) is 19.2. The summed E-state index contributed by atoms with van der Waals surface area (Å²) >= 11 is 1.49. The normalized spacial score (nSPS) is 10.7. The van der Waals surface area contributed by atoms with Crippen LogP contribution in [0.3, 0.4) is 0 Å². The molecule has 1 heterocycles. The molecule has 5 nitrogen and oxygen atoms in total. The number of methoxy groups -OCH3 is 2. The van der Waals surface area contributed by atoms with E-state index in [9.17, 15) is 4.79 Å². The van der Waals surface area contributed by atoms with Gasteiger partial charge < -0.3 is 9.47 Å². The van der Waals surface area contributed by atoms with Crippen molar-refractivity contribution < 1.29 is 14.3 Å². The van der Waals surface area contributed by atoms with E-state index in [0.29, 0.717) is 22.3 Å². The van der Waals surface area contributed by atoms with E-state index in [-0.39, 0.29) is 12.3 Å². The molecule has 0 unspecified atom stereocenters. The smallest absolute Gasteiger partial charge is 0.237 e. The summed E-state index contributed by atoms with van der Waals surface area (Å²) in [7, 11) is 3.20. The quantitative estimate of drug-likeness (QED) is 0.324. The van der Waals surface area contributed by atoms with Crippen LogP contribution in [-0.4, -0.2) is 25.1 Å². The second-order valence-electron chi connectivity index (χ2n) is 7.70. The summed E-state index contributed by atoms with van der Waals surface area (Å²) in [6.45, 7) is 4.08. The molecule has 0 aliphatic rings. The first-order valence-electron chi connectivity index (χ1n) is 10.6. The zero-order chi connectivity index (χ0) is 23.4. The standard InChI is InChI=1S/C27H26N2O3S/c1-18-10-12-21(13-11-18)26-19(2)33-27(28-26)29(25(30)16-20-8-6-5-7-9-20)23-17-22(31-3)14-15-24(23)32-4/h5-15,17H,16H2,1-4H3. The first-order chi connectivity index (χ1) is 16.0. The lowest BCUT2D eigenvalue weighted by Crippen LogP contribution is -2.28. The highest BCUT2D eigenvalue weighted by Gasteiger charge is 2.26. The van der Waals surface area contributed by atoms with Gasteiger partial charge in [-0.25, -0.2) is 4.98 Å². The Labute approximate surface area is 198 Å². The lowest BCUT2D eigenvalue weighted by molar-refractivity contribution is -0.117. The minimum atomic E-state index is -0.100. The molecule has 0 radical (unpaired) electrons. The summed E-state index contributed by atoms with van der Waals surface area (Å²) in [5, 5.41) is 0.593. The van der Waals surface area contributed by atoms with Crippen LogP contribution in [0.15, 0.2) is 72.8 Å². The number of hydrogen-bond acceptors (Lipinski definition) is 5. The number of hydrogen-bond donors (Lipinski definition) is 0. The molecule has 6 heteroatoms. The molecule has 0 N–H and O–H groups in total. The van der Waals surface area contributed by atoms with Crippen molar-refractivity contribution in [3.05, 3.63) is 88.8 Å². The summed E-state index contributed by atoms with van der Waals surface area (Å²) in [5.41, 5.74) is 4.61. The highest BCUT2D eigenvalue weighted by Crippen LogP contribution is 2.41. The molecule has 0 atom stereocenters. The maximum atomic E-state index is 13.7. The third kappa shape index (κ3) is 4.91. The Morgan fingerprint density at radius 3 is 2.33 bits per heavy atom. The van der Waals surface area contributed by atoms with Gasteiger partial charge in [-0.2, -0.15) is 0 Å². The first-order valence-corrected chi connectivity index (χ1v) is 11.4. The van der Waals surface area contributed by atoms with Crippen molar-refractivity contribution in [2.45, 2.75) is 20.3 Å². The van der Waals surface area contributed by atoms with Gasteiger partial charge in [0.15, 0.2) is 5.13 Å². The number of ether oxygens (including phenoxy) is 2. The molecule has 1 aromatic heterocycles. The average Bonchev–Trinajstić information content (AvgIpc) is 3.21. The van der Waals surface area contributed by atoms with Gasteiger partial charge in [-0.05, 0) is 31.5 Å². The van der Waals surface area contributed by atoms with Crippen LogP contribution >= 0.6 is 11.3 Å². The van der Waals surface area contributed by atoms with Crippen LogP contribution in [0, 0.1) is 13.8 Å².